The Morgan fingerprint density at radius 1 is 1.15 bits per heavy atom. The van der Waals surface area contributed by atoms with Crippen molar-refractivity contribution in [2.24, 2.45) is 0 Å². The molecule has 0 radical (unpaired) electrons. The molecule has 3 aromatic rings. The first kappa shape index (κ1) is 26.1. The summed E-state index contributed by atoms with van der Waals surface area (Å²) in [6.07, 6.45) is 1.54. The molecule has 0 saturated heterocycles. The van der Waals surface area contributed by atoms with E-state index in [9.17, 15) is 9.59 Å². The molecule has 34 heavy (non-hydrogen) atoms. The van der Waals surface area contributed by atoms with Crippen molar-refractivity contribution < 1.29 is 9.59 Å². The van der Waals surface area contributed by atoms with Gasteiger partial charge in [-0.2, -0.15) is 5.10 Å². The molecule has 0 saturated carbocycles. The molecule has 0 aliphatic heterocycles. The van der Waals surface area contributed by atoms with Gasteiger partial charge in [-0.1, -0.05) is 23.2 Å². The van der Waals surface area contributed by atoms with Crippen LogP contribution in [0.1, 0.15) is 47.2 Å². The predicted octanol–water partition coefficient (Wildman–Crippen LogP) is 5.30. The summed E-state index contributed by atoms with van der Waals surface area (Å²) in [5, 5.41) is 13.4. The van der Waals surface area contributed by atoms with E-state index in [0.717, 1.165) is 0 Å². The molecule has 2 aromatic heterocycles. The molecule has 0 atom stereocenters. The van der Waals surface area contributed by atoms with Crippen molar-refractivity contribution in [3.8, 4) is 5.82 Å². The van der Waals surface area contributed by atoms with Crippen LogP contribution in [0.2, 0.25) is 10.0 Å². The van der Waals surface area contributed by atoms with Gasteiger partial charge in [0.2, 0.25) is 0 Å². The van der Waals surface area contributed by atoms with Gasteiger partial charge in [-0.25, -0.2) is 9.67 Å². The van der Waals surface area contributed by atoms with Gasteiger partial charge in [-0.3, -0.25) is 14.9 Å². The number of hydrogen-bond donors (Lipinski definition) is 3. The van der Waals surface area contributed by atoms with Crippen molar-refractivity contribution in [1.29, 1.82) is 0 Å². The lowest BCUT2D eigenvalue weighted by Gasteiger charge is -2.23. The standard InChI is InChI=1S/C22H21BrCl2N6O2S/c1-11-8-12(24)9-13(19(32)29-22(2,3)4)17(11)27-21(34)28-20(33)15-10-16(23)30-31(15)18-14(25)6-5-7-26-18/h5-10H,1-4H3,(H,29,32)(H2,27,28,33,34). The normalized spacial score (nSPS) is 11.1. The molecule has 1 aromatic carbocycles. The Kier molecular flexibility index (Phi) is 7.97. The second-order valence-corrected chi connectivity index (χ2v) is 10.4. The molecule has 0 fully saturated rings. The van der Waals surface area contributed by atoms with E-state index in [1.165, 1.54) is 23.0 Å². The number of hydrogen-bond acceptors (Lipinski definition) is 5. The number of benzene rings is 1. The number of carbonyl (C=O) groups is 2. The highest BCUT2D eigenvalue weighted by molar-refractivity contribution is 9.10. The Bertz CT molecular complexity index is 1290. The number of halogens is 3. The van der Waals surface area contributed by atoms with Crippen LogP contribution in [-0.2, 0) is 0 Å². The maximum atomic E-state index is 13.0. The lowest BCUT2D eigenvalue weighted by Crippen LogP contribution is -2.41. The highest BCUT2D eigenvalue weighted by Crippen LogP contribution is 2.26. The number of amides is 2. The number of nitrogens with zero attached hydrogens (tertiary/aromatic N) is 3. The first-order valence-electron chi connectivity index (χ1n) is 9.97. The quantitative estimate of drug-likeness (QED) is 0.360. The van der Waals surface area contributed by atoms with E-state index in [2.05, 4.69) is 42.0 Å². The second-order valence-electron chi connectivity index (χ2n) is 8.33. The van der Waals surface area contributed by atoms with Crippen LogP contribution in [0.5, 0.6) is 0 Å². The van der Waals surface area contributed by atoms with Gasteiger partial charge in [0, 0.05) is 22.8 Å². The molecule has 3 N–H and O–H groups in total. The molecular weight excluding hydrogens is 563 g/mol. The average molecular weight is 584 g/mol. The van der Waals surface area contributed by atoms with Gasteiger partial charge in [-0.05, 0) is 85.7 Å². The predicted molar refractivity (Wildman–Crippen MR) is 141 cm³/mol. The van der Waals surface area contributed by atoms with Gasteiger partial charge in [0.05, 0.1) is 16.3 Å². The van der Waals surface area contributed by atoms with Crippen molar-refractivity contribution in [2.75, 3.05) is 5.32 Å². The molecule has 0 aliphatic carbocycles. The Morgan fingerprint density at radius 3 is 2.50 bits per heavy atom. The molecule has 2 heterocycles. The maximum Gasteiger partial charge on any atom is 0.276 e. The van der Waals surface area contributed by atoms with Gasteiger partial charge >= 0.3 is 0 Å². The van der Waals surface area contributed by atoms with Crippen LogP contribution in [0.4, 0.5) is 5.69 Å². The van der Waals surface area contributed by atoms with E-state index in [1.54, 1.807) is 25.1 Å². The molecule has 0 unspecified atom stereocenters. The number of nitrogens with one attached hydrogen (secondary N) is 3. The molecule has 0 spiro atoms. The fourth-order valence-corrected chi connectivity index (χ4v) is 4.06. The lowest BCUT2D eigenvalue weighted by molar-refractivity contribution is 0.0919. The van der Waals surface area contributed by atoms with Gasteiger partial charge in [0.1, 0.15) is 10.3 Å². The van der Waals surface area contributed by atoms with Crippen molar-refractivity contribution in [1.82, 2.24) is 25.4 Å². The van der Waals surface area contributed by atoms with Crippen LogP contribution < -0.4 is 16.0 Å². The van der Waals surface area contributed by atoms with Crippen LogP contribution in [0.3, 0.4) is 0 Å². The maximum absolute atomic E-state index is 13.0. The lowest BCUT2D eigenvalue weighted by atomic mass is 10.0. The third kappa shape index (κ3) is 6.32. The first-order chi connectivity index (χ1) is 15.9. The van der Waals surface area contributed by atoms with Crippen LogP contribution in [0, 0.1) is 6.92 Å². The highest BCUT2D eigenvalue weighted by Gasteiger charge is 2.23. The molecule has 8 nitrogen and oxygen atoms in total. The monoisotopic (exact) mass is 582 g/mol. The summed E-state index contributed by atoms with van der Waals surface area (Å²) in [6.45, 7) is 7.39. The van der Waals surface area contributed by atoms with Crippen LogP contribution >= 0.6 is 51.3 Å². The van der Waals surface area contributed by atoms with Crippen LogP contribution in [0.15, 0.2) is 41.1 Å². The van der Waals surface area contributed by atoms with E-state index >= 15 is 0 Å². The third-order valence-corrected chi connectivity index (χ3v) is 5.46. The van der Waals surface area contributed by atoms with Crippen LogP contribution in [0.25, 0.3) is 5.82 Å². The molecule has 12 heteroatoms. The van der Waals surface area contributed by atoms with E-state index in [0.29, 0.717) is 31.5 Å². The fourth-order valence-electron chi connectivity index (χ4n) is 3.02. The van der Waals surface area contributed by atoms with E-state index < -0.39 is 11.4 Å². The summed E-state index contributed by atoms with van der Waals surface area (Å²) < 4.78 is 1.72. The number of pyridine rings is 1. The topological polar surface area (TPSA) is 101 Å². The molecule has 0 aliphatic rings. The van der Waals surface area contributed by atoms with Crippen molar-refractivity contribution in [3.05, 3.63) is 68.0 Å². The van der Waals surface area contributed by atoms with Gasteiger partial charge < -0.3 is 10.6 Å². The molecule has 3 rings (SSSR count). The average Bonchev–Trinajstić information content (AvgIpc) is 3.10. The summed E-state index contributed by atoms with van der Waals surface area (Å²) in [7, 11) is 0. The Hall–Kier alpha value is -2.53. The number of thiocarbonyl (C=S) groups is 1. The molecule has 178 valence electrons. The smallest absolute Gasteiger partial charge is 0.276 e. The minimum atomic E-state index is -0.551. The van der Waals surface area contributed by atoms with Crippen molar-refractivity contribution in [3.63, 3.8) is 0 Å². The summed E-state index contributed by atoms with van der Waals surface area (Å²) in [5.41, 5.74) is 1.09. The Labute approximate surface area is 220 Å². The van der Waals surface area contributed by atoms with Crippen LogP contribution in [-0.4, -0.2) is 37.2 Å². The zero-order chi connectivity index (χ0) is 25.2. The van der Waals surface area contributed by atoms with Crippen molar-refractivity contribution in [2.45, 2.75) is 33.2 Å². The SMILES string of the molecule is Cc1cc(Cl)cc(C(=O)NC(C)(C)C)c1NC(=S)NC(=O)c1cc(Br)nn1-c1ncccc1Cl. The largest absolute Gasteiger partial charge is 0.347 e. The van der Waals surface area contributed by atoms with Crippen molar-refractivity contribution >= 4 is 74.0 Å². The molecule has 2 amide bonds. The van der Waals surface area contributed by atoms with Gasteiger partial charge in [-0.15, -0.1) is 0 Å². The zero-order valence-corrected chi connectivity index (χ0v) is 22.6. The number of aromatic nitrogens is 3. The van der Waals surface area contributed by atoms with Gasteiger partial charge in [0.15, 0.2) is 10.9 Å². The van der Waals surface area contributed by atoms with E-state index in [-0.39, 0.29) is 22.5 Å². The summed E-state index contributed by atoms with van der Waals surface area (Å²) in [6, 6.07) is 8.06. The minimum Gasteiger partial charge on any atom is -0.347 e. The number of anilines is 1. The summed E-state index contributed by atoms with van der Waals surface area (Å²) >= 11 is 21.0. The second kappa shape index (κ2) is 10.4. The third-order valence-electron chi connectivity index (χ3n) is 4.35. The number of carbonyl (C=O) groups excluding carboxylic acids is 2. The fraction of sp³-hybridized carbons (Fsp3) is 0.227. The number of aryl methyl sites for hydroxylation is 1. The zero-order valence-electron chi connectivity index (χ0n) is 18.7. The van der Waals surface area contributed by atoms with Gasteiger partial charge in [0.25, 0.3) is 11.8 Å². The first-order valence-corrected chi connectivity index (χ1v) is 11.9. The minimum absolute atomic E-state index is 0.0174. The summed E-state index contributed by atoms with van der Waals surface area (Å²) in [5.74, 6) is -0.597. The van der Waals surface area contributed by atoms with E-state index in [1.807, 2.05) is 20.8 Å². The Morgan fingerprint density at radius 2 is 1.85 bits per heavy atom. The number of rotatable bonds is 4. The molecule has 0 bridgehead atoms. The van der Waals surface area contributed by atoms with E-state index in [4.69, 9.17) is 35.4 Å². The highest BCUT2D eigenvalue weighted by atomic mass is 79.9. The summed E-state index contributed by atoms with van der Waals surface area (Å²) in [4.78, 5) is 30.1. The Balaban J connectivity index is 1.86. The molecular formula is C22H21BrCl2N6O2S.